The first-order valence-electron chi connectivity index (χ1n) is 10.4. The SMILES string of the molecule is COc1cc(C=Nc2c(C)n(C)n(-c3ccccc3)c2=O)ccc1OCc1ccccc1Cl. The normalized spacial score (nSPS) is 11.2. The summed E-state index contributed by atoms with van der Waals surface area (Å²) in [5.74, 6) is 1.16. The van der Waals surface area contributed by atoms with Crippen LogP contribution in [-0.4, -0.2) is 22.7 Å². The molecular formula is C26H24ClN3O3. The second kappa shape index (κ2) is 9.79. The van der Waals surface area contributed by atoms with Crippen molar-refractivity contribution in [1.82, 2.24) is 9.36 Å². The first kappa shape index (κ1) is 22.4. The van der Waals surface area contributed by atoms with Crippen LogP contribution >= 0.6 is 11.6 Å². The minimum Gasteiger partial charge on any atom is -0.493 e. The zero-order chi connectivity index (χ0) is 23.4. The van der Waals surface area contributed by atoms with Gasteiger partial charge >= 0.3 is 0 Å². The predicted molar refractivity (Wildman–Crippen MR) is 132 cm³/mol. The molecule has 3 aromatic carbocycles. The molecule has 0 saturated carbocycles. The van der Waals surface area contributed by atoms with Crippen LogP contribution in [0.4, 0.5) is 5.69 Å². The van der Waals surface area contributed by atoms with Crippen LogP contribution in [0.2, 0.25) is 5.02 Å². The minimum absolute atomic E-state index is 0.177. The summed E-state index contributed by atoms with van der Waals surface area (Å²) in [5.41, 5.74) is 3.44. The molecule has 0 aliphatic rings. The molecule has 0 radical (unpaired) electrons. The largest absolute Gasteiger partial charge is 0.493 e. The van der Waals surface area contributed by atoms with Crippen molar-refractivity contribution in [2.45, 2.75) is 13.5 Å². The number of halogens is 1. The average molecular weight is 462 g/mol. The number of aromatic nitrogens is 2. The number of rotatable bonds is 7. The summed E-state index contributed by atoms with van der Waals surface area (Å²) < 4.78 is 14.8. The van der Waals surface area contributed by atoms with E-state index in [1.54, 1.807) is 22.7 Å². The molecule has 0 spiro atoms. The molecule has 0 bridgehead atoms. The number of ether oxygens (including phenoxy) is 2. The lowest BCUT2D eigenvalue weighted by Crippen LogP contribution is -2.19. The van der Waals surface area contributed by atoms with Gasteiger partial charge in [0.2, 0.25) is 0 Å². The number of methoxy groups -OCH3 is 1. The number of benzene rings is 3. The maximum absolute atomic E-state index is 13.0. The molecule has 0 aliphatic carbocycles. The molecule has 4 aromatic rings. The summed E-state index contributed by atoms with van der Waals surface area (Å²) in [6.45, 7) is 2.20. The van der Waals surface area contributed by atoms with Crippen molar-refractivity contribution in [3.05, 3.63) is 105 Å². The van der Waals surface area contributed by atoms with Crippen LogP contribution in [0.15, 0.2) is 82.6 Å². The molecular weight excluding hydrogens is 438 g/mol. The fourth-order valence-corrected chi connectivity index (χ4v) is 3.69. The summed E-state index contributed by atoms with van der Waals surface area (Å²) in [5, 5.41) is 0.652. The Labute approximate surface area is 197 Å². The molecule has 0 atom stereocenters. The Hall–Kier alpha value is -3.77. The van der Waals surface area contributed by atoms with Gasteiger partial charge in [0.25, 0.3) is 5.56 Å². The fourth-order valence-electron chi connectivity index (χ4n) is 3.50. The highest BCUT2D eigenvalue weighted by Gasteiger charge is 2.15. The van der Waals surface area contributed by atoms with Gasteiger partial charge in [-0.1, -0.05) is 48.0 Å². The Kier molecular flexibility index (Phi) is 6.66. The van der Waals surface area contributed by atoms with Gasteiger partial charge in [-0.15, -0.1) is 0 Å². The third kappa shape index (κ3) is 4.71. The van der Waals surface area contributed by atoms with E-state index in [1.807, 2.05) is 86.8 Å². The van der Waals surface area contributed by atoms with Gasteiger partial charge in [-0.3, -0.25) is 9.48 Å². The number of aliphatic imine (C=N–C) groups is 1. The van der Waals surface area contributed by atoms with Crippen LogP contribution in [-0.2, 0) is 13.7 Å². The molecule has 0 amide bonds. The lowest BCUT2D eigenvalue weighted by atomic mass is 10.2. The van der Waals surface area contributed by atoms with Crippen LogP contribution in [0.5, 0.6) is 11.5 Å². The molecule has 7 heteroatoms. The summed E-state index contributed by atoms with van der Waals surface area (Å²) in [7, 11) is 3.43. The average Bonchev–Trinajstić information content (AvgIpc) is 3.05. The quantitative estimate of drug-likeness (QED) is 0.342. The Balaban J connectivity index is 1.58. The molecule has 0 aliphatic heterocycles. The molecule has 0 fully saturated rings. The van der Waals surface area contributed by atoms with E-state index in [9.17, 15) is 4.79 Å². The number of hydrogen-bond donors (Lipinski definition) is 0. The molecule has 168 valence electrons. The van der Waals surface area contributed by atoms with Crippen molar-refractivity contribution < 1.29 is 9.47 Å². The van der Waals surface area contributed by atoms with E-state index in [1.165, 1.54) is 0 Å². The summed E-state index contributed by atoms with van der Waals surface area (Å²) in [6.07, 6.45) is 1.65. The van der Waals surface area contributed by atoms with E-state index in [4.69, 9.17) is 21.1 Å². The first-order chi connectivity index (χ1) is 16.0. The van der Waals surface area contributed by atoms with E-state index in [2.05, 4.69) is 4.99 Å². The van der Waals surface area contributed by atoms with Crippen molar-refractivity contribution in [1.29, 1.82) is 0 Å². The second-order valence-corrected chi connectivity index (χ2v) is 7.87. The fraction of sp³-hybridized carbons (Fsp3) is 0.154. The highest BCUT2D eigenvalue weighted by molar-refractivity contribution is 6.31. The Morgan fingerprint density at radius 3 is 2.45 bits per heavy atom. The Morgan fingerprint density at radius 2 is 1.73 bits per heavy atom. The van der Waals surface area contributed by atoms with Gasteiger partial charge < -0.3 is 9.47 Å². The lowest BCUT2D eigenvalue weighted by Gasteiger charge is -2.12. The number of para-hydroxylation sites is 1. The van der Waals surface area contributed by atoms with E-state index in [-0.39, 0.29) is 5.56 Å². The minimum atomic E-state index is -0.177. The maximum atomic E-state index is 13.0. The van der Waals surface area contributed by atoms with Crippen LogP contribution < -0.4 is 15.0 Å². The third-order valence-electron chi connectivity index (χ3n) is 5.40. The van der Waals surface area contributed by atoms with Crippen molar-refractivity contribution in [2.24, 2.45) is 12.0 Å². The van der Waals surface area contributed by atoms with Gasteiger partial charge in [-0.25, -0.2) is 9.67 Å². The van der Waals surface area contributed by atoms with Crippen LogP contribution in [0.3, 0.4) is 0 Å². The lowest BCUT2D eigenvalue weighted by molar-refractivity contribution is 0.284. The van der Waals surface area contributed by atoms with E-state index < -0.39 is 0 Å². The topological polar surface area (TPSA) is 57.8 Å². The van der Waals surface area contributed by atoms with Crippen molar-refractivity contribution in [2.75, 3.05) is 7.11 Å². The van der Waals surface area contributed by atoms with Gasteiger partial charge in [0.1, 0.15) is 6.61 Å². The molecule has 33 heavy (non-hydrogen) atoms. The highest BCUT2D eigenvalue weighted by Crippen LogP contribution is 2.29. The van der Waals surface area contributed by atoms with E-state index in [0.29, 0.717) is 28.8 Å². The molecule has 6 nitrogen and oxygen atoms in total. The van der Waals surface area contributed by atoms with E-state index in [0.717, 1.165) is 22.5 Å². The van der Waals surface area contributed by atoms with Crippen LogP contribution in [0, 0.1) is 6.92 Å². The monoisotopic (exact) mass is 461 g/mol. The zero-order valence-corrected chi connectivity index (χ0v) is 19.4. The van der Waals surface area contributed by atoms with Gasteiger partial charge in [0.05, 0.1) is 18.5 Å². The van der Waals surface area contributed by atoms with Gasteiger partial charge in [0, 0.05) is 23.8 Å². The smallest absolute Gasteiger partial charge is 0.297 e. The molecule has 1 aromatic heterocycles. The summed E-state index contributed by atoms with van der Waals surface area (Å²) >= 11 is 6.21. The number of hydrogen-bond acceptors (Lipinski definition) is 4. The van der Waals surface area contributed by atoms with Crippen LogP contribution in [0.1, 0.15) is 16.8 Å². The van der Waals surface area contributed by atoms with Gasteiger partial charge in [-0.2, -0.15) is 0 Å². The highest BCUT2D eigenvalue weighted by atomic mass is 35.5. The summed E-state index contributed by atoms with van der Waals surface area (Å²) in [6, 6.07) is 22.5. The first-order valence-corrected chi connectivity index (χ1v) is 10.8. The maximum Gasteiger partial charge on any atom is 0.297 e. The Bertz CT molecular complexity index is 1360. The molecule has 0 unspecified atom stereocenters. The van der Waals surface area contributed by atoms with Crippen LogP contribution in [0.25, 0.3) is 5.69 Å². The third-order valence-corrected chi connectivity index (χ3v) is 5.76. The molecule has 1 heterocycles. The van der Waals surface area contributed by atoms with Gasteiger partial charge in [0.15, 0.2) is 17.2 Å². The van der Waals surface area contributed by atoms with Crippen molar-refractivity contribution in [3.8, 4) is 17.2 Å². The summed E-state index contributed by atoms with van der Waals surface area (Å²) in [4.78, 5) is 17.5. The van der Waals surface area contributed by atoms with Gasteiger partial charge in [-0.05, 0) is 48.9 Å². The standard InChI is InChI=1S/C26H24ClN3O3/c1-18-25(26(31)30(29(18)2)21-10-5-4-6-11-21)28-16-19-13-14-23(24(15-19)32-3)33-17-20-9-7-8-12-22(20)27/h4-16H,17H2,1-3H3. The van der Waals surface area contributed by atoms with Crippen molar-refractivity contribution in [3.63, 3.8) is 0 Å². The molecule has 0 saturated heterocycles. The Morgan fingerprint density at radius 1 is 1.00 bits per heavy atom. The predicted octanol–water partition coefficient (Wildman–Crippen LogP) is 5.48. The van der Waals surface area contributed by atoms with E-state index >= 15 is 0 Å². The van der Waals surface area contributed by atoms with Crippen molar-refractivity contribution >= 4 is 23.5 Å². The number of nitrogens with zero attached hydrogens (tertiary/aromatic N) is 3. The zero-order valence-electron chi connectivity index (χ0n) is 18.7. The molecule has 0 N–H and O–H groups in total. The molecule has 4 rings (SSSR count). The second-order valence-electron chi connectivity index (χ2n) is 7.46.